The largest absolute Gasteiger partial charge is 0.358 e. The van der Waals surface area contributed by atoms with Crippen molar-refractivity contribution in [2.45, 2.75) is 33.1 Å². The molecule has 0 spiro atoms. The number of likely N-dealkylation sites (N-methyl/N-ethyl adjacent to an activating group) is 1. The molecule has 0 aliphatic heterocycles. The number of nitrogens with one attached hydrogen (secondary N) is 2. The van der Waals surface area contributed by atoms with Crippen LogP contribution in [0.15, 0.2) is 18.2 Å². The average Bonchev–Trinajstić information content (AvgIpc) is 2.63. The van der Waals surface area contributed by atoms with Crippen LogP contribution in [0.2, 0.25) is 0 Å². The molecule has 2 aromatic rings. The Hall–Kier alpha value is -1.28. The lowest BCUT2D eigenvalue weighted by atomic mass is 10.0. The van der Waals surface area contributed by atoms with Gasteiger partial charge in [0.2, 0.25) is 0 Å². The molecule has 2 heteroatoms. The first-order valence-electron chi connectivity index (χ1n) is 6.39. The Morgan fingerprint density at radius 1 is 1.29 bits per heavy atom. The molecule has 2 nitrogen and oxygen atoms in total. The molecule has 17 heavy (non-hydrogen) atoms. The van der Waals surface area contributed by atoms with Crippen molar-refractivity contribution in [2.24, 2.45) is 0 Å². The summed E-state index contributed by atoms with van der Waals surface area (Å²) >= 11 is 0. The second-order valence-electron chi connectivity index (χ2n) is 5.04. The number of aromatic amines is 1. The van der Waals surface area contributed by atoms with Crippen molar-refractivity contribution in [3.63, 3.8) is 0 Å². The minimum absolute atomic E-state index is 0.592. The first kappa shape index (κ1) is 12.2. The van der Waals surface area contributed by atoms with E-state index in [0.717, 1.165) is 13.0 Å². The predicted octanol–water partition coefficient (Wildman–Crippen LogP) is 3.36. The van der Waals surface area contributed by atoms with Crippen molar-refractivity contribution in [2.75, 3.05) is 13.6 Å². The molecule has 0 saturated heterocycles. The van der Waals surface area contributed by atoms with E-state index in [1.54, 1.807) is 0 Å². The Bertz CT molecular complexity index is 509. The van der Waals surface area contributed by atoms with Gasteiger partial charge in [0.05, 0.1) is 0 Å². The maximum Gasteiger partial charge on any atom is 0.0459 e. The van der Waals surface area contributed by atoms with E-state index >= 15 is 0 Å². The zero-order chi connectivity index (χ0) is 12.4. The van der Waals surface area contributed by atoms with Crippen LogP contribution in [-0.4, -0.2) is 18.6 Å². The summed E-state index contributed by atoms with van der Waals surface area (Å²) in [5, 5.41) is 4.57. The maximum atomic E-state index is 3.52. The third-order valence-corrected chi connectivity index (χ3v) is 3.48. The van der Waals surface area contributed by atoms with Gasteiger partial charge in [0.15, 0.2) is 0 Å². The van der Waals surface area contributed by atoms with Gasteiger partial charge in [-0.1, -0.05) is 19.9 Å². The van der Waals surface area contributed by atoms with E-state index in [1.807, 2.05) is 7.05 Å². The summed E-state index contributed by atoms with van der Waals surface area (Å²) in [6, 6.07) is 6.76. The summed E-state index contributed by atoms with van der Waals surface area (Å²) < 4.78 is 0. The van der Waals surface area contributed by atoms with Gasteiger partial charge in [-0.25, -0.2) is 0 Å². The van der Waals surface area contributed by atoms with Crippen LogP contribution >= 0.6 is 0 Å². The van der Waals surface area contributed by atoms with Gasteiger partial charge in [0, 0.05) is 29.6 Å². The number of hydrogen-bond acceptors (Lipinski definition) is 1. The van der Waals surface area contributed by atoms with Crippen molar-refractivity contribution in [3.05, 3.63) is 35.0 Å². The number of aromatic nitrogens is 1. The van der Waals surface area contributed by atoms with E-state index in [9.17, 15) is 0 Å². The van der Waals surface area contributed by atoms with Gasteiger partial charge < -0.3 is 10.3 Å². The number of H-pyrrole nitrogens is 1. The van der Waals surface area contributed by atoms with Crippen LogP contribution in [0.25, 0.3) is 10.9 Å². The number of hydrogen-bond donors (Lipinski definition) is 2. The van der Waals surface area contributed by atoms with Crippen molar-refractivity contribution in [3.8, 4) is 0 Å². The van der Waals surface area contributed by atoms with E-state index < -0.39 is 0 Å². The highest BCUT2D eigenvalue weighted by molar-refractivity contribution is 5.85. The Kier molecular flexibility index (Phi) is 3.53. The zero-order valence-electron chi connectivity index (χ0n) is 11.2. The molecule has 2 rings (SSSR count). The first-order valence-corrected chi connectivity index (χ1v) is 6.39. The van der Waals surface area contributed by atoms with Crippen LogP contribution in [0.4, 0.5) is 0 Å². The molecule has 0 aliphatic carbocycles. The van der Waals surface area contributed by atoms with Crippen molar-refractivity contribution >= 4 is 10.9 Å². The van der Waals surface area contributed by atoms with Gasteiger partial charge in [-0.2, -0.15) is 0 Å². The second-order valence-corrected chi connectivity index (χ2v) is 5.04. The van der Waals surface area contributed by atoms with Crippen LogP contribution < -0.4 is 5.32 Å². The molecule has 0 atom stereocenters. The molecule has 0 aliphatic rings. The standard InChI is InChI=1S/C15H22N2/c1-10(2)12-5-6-15-13(9-12)11(3)14(17-15)7-8-16-4/h5-6,9-10,16-17H,7-8H2,1-4H3. The van der Waals surface area contributed by atoms with Crippen LogP contribution in [0.3, 0.4) is 0 Å². The van der Waals surface area contributed by atoms with E-state index in [1.165, 1.54) is 27.7 Å². The van der Waals surface area contributed by atoms with E-state index in [2.05, 4.69) is 49.3 Å². The molecule has 0 fully saturated rings. The van der Waals surface area contributed by atoms with E-state index in [0.29, 0.717) is 5.92 Å². The zero-order valence-corrected chi connectivity index (χ0v) is 11.2. The minimum atomic E-state index is 0.592. The summed E-state index contributed by atoms with van der Waals surface area (Å²) in [6.45, 7) is 7.72. The molecule has 0 radical (unpaired) electrons. The van der Waals surface area contributed by atoms with Gasteiger partial charge in [-0.15, -0.1) is 0 Å². The molecule has 1 heterocycles. The van der Waals surface area contributed by atoms with Gasteiger partial charge in [-0.3, -0.25) is 0 Å². The SMILES string of the molecule is CNCCc1[nH]c2ccc(C(C)C)cc2c1C. The number of benzene rings is 1. The smallest absolute Gasteiger partial charge is 0.0459 e. The highest BCUT2D eigenvalue weighted by Crippen LogP contribution is 2.26. The molecule has 1 aromatic carbocycles. The Labute approximate surface area is 103 Å². The number of rotatable bonds is 4. The van der Waals surface area contributed by atoms with Crippen LogP contribution in [0, 0.1) is 6.92 Å². The number of aryl methyl sites for hydroxylation is 1. The lowest BCUT2D eigenvalue weighted by Gasteiger charge is -2.04. The Morgan fingerprint density at radius 2 is 2.06 bits per heavy atom. The van der Waals surface area contributed by atoms with E-state index in [-0.39, 0.29) is 0 Å². The molecule has 2 N–H and O–H groups in total. The molecule has 0 amide bonds. The fourth-order valence-electron chi connectivity index (χ4n) is 2.26. The van der Waals surface area contributed by atoms with Gasteiger partial charge in [0.25, 0.3) is 0 Å². The monoisotopic (exact) mass is 230 g/mol. The average molecular weight is 230 g/mol. The first-order chi connectivity index (χ1) is 8.13. The molecule has 92 valence electrons. The molecule has 0 bridgehead atoms. The van der Waals surface area contributed by atoms with Crippen LogP contribution in [0.1, 0.15) is 36.6 Å². The Morgan fingerprint density at radius 3 is 2.71 bits per heavy atom. The summed E-state index contributed by atoms with van der Waals surface area (Å²) in [7, 11) is 1.99. The maximum absolute atomic E-state index is 3.52. The molecule has 0 saturated carbocycles. The topological polar surface area (TPSA) is 27.8 Å². The predicted molar refractivity (Wildman–Crippen MR) is 74.8 cm³/mol. The quantitative estimate of drug-likeness (QED) is 0.828. The highest BCUT2D eigenvalue weighted by Gasteiger charge is 2.08. The van der Waals surface area contributed by atoms with Crippen molar-refractivity contribution < 1.29 is 0 Å². The fraction of sp³-hybridized carbons (Fsp3) is 0.467. The number of fused-ring (bicyclic) bond motifs is 1. The fourth-order valence-corrected chi connectivity index (χ4v) is 2.26. The highest BCUT2D eigenvalue weighted by atomic mass is 14.8. The van der Waals surface area contributed by atoms with E-state index in [4.69, 9.17) is 0 Å². The van der Waals surface area contributed by atoms with Crippen LogP contribution in [-0.2, 0) is 6.42 Å². The summed E-state index contributed by atoms with van der Waals surface area (Å²) in [6.07, 6.45) is 1.06. The Balaban J connectivity index is 2.43. The van der Waals surface area contributed by atoms with Crippen molar-refractivity contribution in [1.82, 2.24) is 10.3 Å². The van der Waals surface area contributed by atoms with Gasteiger partial charge in [-0.05, 0) is 43.1 Å². The third kappa shape index (κ3) is 2.37. The second kappa shape index (κ2) is 4.92. The van der Waals surface area contributed by atoms with Gasteiger partial charge >= 0.3 is 0 Å². The van der Waals surface area contributed by atoms with Crippen LogP contribution in [0.5, 0.6) is 0 Å². The lowest BCUT2D eigenvalue weighted by molar-refractivity contribution is 0.778. The summed E-state index contributed by atoms with van der Waals surface area (Å²) in [4.78, 5) is 3.52. The molecular formula is C15H22N2. The molecule has 0 unspecified atom stereocenters. The molecular weight excluding hydrogens is 208 g/mol. The lowest BCUT2D eigenvalue weighted by Crippen LogP contribution is -2.10. The third-order valence-electron chi connectivity index (χ3n) is 3.48. The summed E-state index contributed by atoms with van der Waals surface area (Å²) in [5.74, 6) is 0.592. The van der Waals surface area contributed by atoms with Gasteiger partial charge in [0.1, 0.15) is 0 Å². The van der Waals surface area contributed by atoms with Crippen molar-refractivity contribution in [1.29, 1.82) is 0 Å². The normalized spacial score (nSPS) is 11.6. The molecule has 1 aromatic heterocycles. The minimum Gasteiger partial charge on any atom is -0.358 e. The summed E-state index contributed by atoms with van der Waals surface area (Å²) in [5.41, 5.74) is 5.44.